The molecular weight excluding hydrogens is 971 g/mol. The topological polar surface area (TPSA) is 158 Å². The highest BCUT2D eigenvalue weighted by atomic mass is 32.2. The van der Waals surface area contributed by atoms with Crippen LogP contribution in [-0.4, -0.2) is 77.0 Å². The number of β-lactam (4-membered cyclic amide) rings is 1. The van der Waals surface area contributed by atoms with Crippen LogP contribution in [0.1, 0.15) is 66.3 Å². The average molecular weight is 1030 g/mol. The number of anilines is 1. The minimum absolute atomic E-state index is 0.0264. The number of fused-ring (bicyclic) bond motifs is 1. The third-order valence-electron chi connectivity index (χ3n) is 13.4. The van der Waals surface area contributed by atoms with E-state index >= 15 is 4.79 Å². The van der Waals surface area contributed by atoms with Gasteiger partial charge < -0.3 is 29.7 Å². The van der Waals surface area contributed by atoms with Crippen molar-refractivity contribution >= 4 is 57.7 Å². The van der Waals surface area contributed by atoms with Gasteiger partial charge in [0, 0.05) is 34.9 Å². The first-order valence-electron chi connectivity index (χ1n) is 24.2. The molecule has 15 heteroatoms. The molecule has 2 amide bonds. The lowest BCUT2D eigenvalue weighted by Crippen LogP contribution is -2.71. The van der Waals surface area contributed by atoms with Gasteiger partial charge in [0.05, 0.1) is 12.0 Å². The number of rotatable bonds is 20. The zero-order valence-electron chi connectivity index (χ0n) is 41.3. The van der Waals surface area contributed by atoms with Gasteiger partial charge in [0.2, 0.25) is 12.4 Å². The number of methoxy groups -OCH3 is 1. The minimum Gasteiger partial charge on any atom is -0.427 e. The molecular formula is C59H55N5O8S2. The molecule has 0 saturated carbocycles. The molecule has 2 aliphatic rings. The van der Waals surface area contributed by atoms with Crippen molar-refractivity contribution in [3.63, 3.8) is 0 Å². The summed E-state index contributed by atoms with van der Waals surface area (Å²) in [6.45, 7) is 4.72. The van der Waals surface area contributed by atoms with E-state index in [4.69, 9.17) is 29.2 Å². The third kappa shape index (κ3) is 10.1. The summed E-state index contributed by atoms with van der Waals surface area (Å²) in [5, 5.41) is 13.1. The molecule has 2 N–H and O–H groups in total. The number of thioether (sulfide) groups is 1. The molecule has 0 bridgehead atoms. The van der Waals surface area contributed by atoms with Gasteiger partial charge in [-0.25, -0.2) is 9.78 Å². The Bertz CT molecular complexity index is 2950. The lowest BCUT2D eigenvalue weighted by molar-refractivity contribution is -0.174. The van der Waals surface area contributed by atoms with Crippen LogP contribution in [0.4, 0.5) is 5.13 Å². The molecule has 1 unspecified atom stereocenters. The van der Waals surface area contributed by atoms with Gasteiger partial charge in [-0.2, -0.15) is 0 Å². The second-order valence-electron chi connectivity index (χ2n) is 18.3. The lowest BCUT2D eigenvalue weighted by Gasteiger charge is -2.49. The van der Waals surface area contributed by atoms with Crippen LogP contribution >= 0.6 is 23.1 Å². The Morgan fingerprint density at radius 1 is 0.703 bits per heavy atom. The van der Waals surface area contributed by atoms with Crippen LogP contribution in [0.25, 0.3) is 0 Å². The summed E-state index contributed by atoms with van der Waals surface area (Å²) in [5.74, 6) is -2.42. The molecule has 74 heavy (non-hydrogen) atoms. The fourth-order valence-corrected chi connectivity index (χ4v) is 11.2. The van der Waals surface area contributed by atoms with Gasteiger partial charge in [-0.3, -0.25) is 19.3 Å². The number of carbonyl (C=O) groups is 4. The average Bonchev–Trinajstić information content (AvgIpc) is 3.92. The molecule has 0 aliphatic carbocycles. The van der Waals surface area contributed by atoms with E-state index in [-0.39, 0.29) is 29.5 Å². The van der Waals surface area contributed by atoms with E-state index in [1.165, 1.54) is 35.1 Å². The maximum absolute atomic E-state index is 15.2. The highest BCUT2D eigenvalue weighted by Gasteiger charge is 2.55. The number of hydrogen-bond acceptors (Lipinski definition) is 13. The van der Waals surface area contributed by atoms with E-state index < -0.39 is 58.5 Å². The van der Waals surface area contributed by atoms with Crippen LogP contribution in [-0.2, 0) is 49.4 Å². The van der Waals surface area contributed by atoms with E-state index in [1.807, 2.05) is 153 Å². The van der Waals surface area contributed by atoms with Crippen LogP contribution in [0.2, 0.25) is 0 Å². The van der Waals surface area contributed by atoms with Crippen LogP contribution in [0.15, 0.2) is 204 Å². The molecule has 1 aromatic heterocycles. The van der Waals surface area contributed by atoms with Crippen molar-refractivity contribution in [2.45, 2.75) is 49.7 Å². The number of nitrogens with one attached hydrogen (secondary N) is 2. The van der Waals surface area contributed by atoms with Gasteiger partial charge in [-0.1, -0.05) is 194 Å². The molecule has 1 saturated heterocycles. The third-order valence-corrected chi connectivity index (χ3v) is 15.5. The van der Waals surface area contributed by atoms with E-state index in [0.29, 0.717) is 17.1 Å². The Morgan fingerprint density at radius 3 is 1.64 bits per heavy atom. The zero-order valence-corrected chi connectivity index (χ0v) is 42.9. The zero-order chi connectivity index (χ0) is 51.7. The van der Waals surface area contributed by atoms with Crippen molar-refractivity contribution in [1.82, 2.24) is 15.2 Å². The minimum atomic E-state index is -1.38. The summed E-state index contributed by atoms with van der Waals surface area (Å²) in [7, 11) is 1.48. The largest absolute Gasteiger partial charge is 0.427 e. The molecule has 2 atom stereocenters. The first-order chi connectivity index (χ1) is 36.0. The Morgan fingerprint density at radius 2 is 1.18 bits per heavy atom. The highest BCUT2D eigenvalue weighted by molar-refractivity contribution is 8.00. The van der Waals surface area contributed by atoms with Crippen molar-refractivity contribution in [2.24, 2.45) is 10.6 Å². The van der Waals surface area contributed by atoms with E-state index in [9.17, 15) is 14.4 Å². The lowest BCUT2D eigenvalue weighted by atomic mass is 9.77. The molecule has 1 fully saturated rings. The number of oxime groups is 1. The Balaban J connectivity index is 1.11. The number of ether oxygens (including phenoxy) is 3. The second kappa shape index (κ2) is 22.5. The maximum atomic E-state index is 15.2. The van der Waals surface area contributed by atoms with Crippen LogP contribution in [0.5, 0.6) is 0 Å². The molecule has 2 aliphatic heterocycles. The summed E-state index contributed by atoms with van der Waals surface area (Å²) in [6.07, 6.45) is 0.516. The molecule has 7 aromatic rings. The Labute approximate surface area is 438 Å². The maximum Gasteiger partial charge on any atom is 0.358 e. The van der Waals surface area contributed by atoms with Crippen LogP contribution < -0.4 is 10.6 Å². The predicted molar refractivity (Wildman–Crippen MR) is 287 cm³/mol. The van der Waals surface area contributed by atoms with Crippen molar-refractivity contribution in [2.75, 3.05) is 31.6 Å². The normalized spacial score (nSPS) is 15.9. The number of benzene rings is 6. The van der Waals surface area contributed by atoms with Gasteiger partial charge >= 0.3 is 11.9 Å². The van der Waals surface area contributed by atoms with Crippen LogP contribution in [0, 0.1) is 5.41 Å². The van der Waals surface area contributed by atoms with Gasteiger partial charge in [-0.15, -0.1) is 23.1 Å². The van der Waals surface area contributed by atoms with Crippen LogP contribution in [0.3, 0.4) is 0 Å². The Hall–Kier alpha value is -7.85. The van der Waals surface area contributed by atoms with E-state index in [2.05, 4.69) is 47.0 Å². The van der Waals surface area contributed by atoms with E-state index in [0.717, 1.165) is 33.4 Å². The number of carbonyl (C=O) groups excluding carboxylic acids is 4. The molecule has 0 radical (unpaired) electrons. The summed E-state index contributed by atoms with van der Waals surface area (Å²) < 4.78 is 16.2. The van der Waals surface area contributed by atoms with Crippen molar-refractivity contribution in [3.05, 3.63) is 238 Å². The van der Waals surface area contributed by atoms with Crippen molar-refractivity contribution in [3.8, 4) is 0 Å². The van der Waals surface area contributed by atoms with Gasteiger partial charge in [0.15, 0.2) is 10.8 Å². The summed E-state index contributed by atoms with van der Waals surface area (Å²) in [5.41, 5.74) is 2.42. The summed E-state index contributed by atoms with van der Waals surface area (Å²) >= 11 is 2.64. The van der Waals surface area contributed by atoms with E-state index in [1.54, 1.807) is 19.2 Å². The number of aromatic nitrogens is 1. The number of esters is 2. The SMILES string of the molecule is CCC(C)(C)C(=O)OCOC(=O)C1=C(COC)CS[C@H]2C(NC(=O)/C(=N\OC(c3ccccc3)(c3ccccc3)c3ccccc3)c3csc(NC(c4ccccc4)(c4ccccc4)c4ccccc4)n3)C(=O)N12. The molecule has 3 heterocycles. The monoisotopic (exact) mass is 1030 g/mol. The van der Waals surface area contributed by atoms with Gasteiger partial charge in [0.25, 0.3) is 11.8 Å². The van der Waals surface area contributed by atoms with Gasteiger partial charge in [0.1, 0.15) is 28.3 Å². The standard InChI is InChI=1S/C59H55N5O8S2/c1-5-57(2,3)55(68)71-39-70-54(67)50-40(36-69-4)37-73-53-49(52(66)64(50)53)61-51(65)48(63-72-59(44-30-18-9-19-31-44,45-32-20-10-21-33-45)46-34-22-11-23-35-46)47-38-74-56(60-47)62-58(41-24-12-6-13-25-41,42-26-14-7-15-27-42)43-28-16-8-17-29-43/h6-35,38,49,53H,5,36-37,39H2,1-4H3,(H,60,62)(H,61,65)/b63-48-/t49?,53-/m0/s1. The molecule has 376 valence electrons. The number of nitrogens with zero attached hydrogens (tertiary/aromatic N) is 3. The molecule has 13 nitrogen and oxygen atoms in total. The fraction of sp³-hybridized carbons (Fsp3) is 0.220. The second-order valence-corrected chi connectivity index (χ2v) is 20.2. The Kier molecular flexibility index (Phi) is 15.5. The fourth-order valence-electron chi connectivity index (χ4n) is 9.09. The number of hydrogen-bond donors (Lipinski definition) is 2. The van der Waals surface area contributed by atoms with Crippen molar-refractivity contribution in [1.29, 1.82) is 0 Å². The van der Waals surface area contributed by atoms with Gasteiger partial charge in [-0.05, 0) is 42.5 Å². The quantitative estimate of drug-likeness (QED) is 0.0187. The number of thiazole rings is 1. The molecule has 6 aromatic carbocycles. The summed E-state index contributed by atoms with van der Waals surface area (Å²) in [4.78, 5) is 69.4. The number of amides is 2. The predicted octanol–water partition coefficient (Wildman–Crippen LogP) is 10.0. The molecule has 0 spiro atoms. The van der Waals surface area contributed by atoms with Crippen molar-refractivity contribution < 1.29 is 38.2 Å². The highest BCUT2D eigenvalue weighted by Crippen LogP contribution is 2.44. The smallest absolute Gasteiger partial charge is 0.358 e. The molecule has 9 rings (SSSR count). The summed E-state index contributed by atoms with van der Waals surface area (Å²) in [6, 6.07) is 58.1. The first-order valence-corrected chi connectivity index (χ1v) is 26.1. The first kappa shape index (κ1) is 51.1.